The second-order valence-electron chi connectivity index (χ2n) is 13.4. The lowest BCUT2D eigenvalue weighted by Crippen LogP contribution is -2.49. The summed E-state index contributed by atoms with van der Waals surface area (Å²) in [5.41, 5.74) is 4.86. The van der Waals surface area contributed by atoms with E-state index in [9.17, 15) is 14.4 Å². The predicted molar refractivity (Wildman–Crippen MR) is 188 cm³/mol. The van der Waals surface area contributed by atoms with Crippen LogP contribution in [0.15, 0.2) is 85.2 Å². The first kappa shape index (κ1) is 35.8. The van der Waals surface area contributed by atoms with Gasteiger partial charge in [-0.15, -0.1) is 0 Å². The van der Waals surface area contributed by atoms with Crippen LogP contribution in [0, 0.1) is 5.92 Å². The molecule has 0 aliphatic carbocycles. The highest BCUT2D eigenvalue weighted by atomic mass is 16.5. The van der Waals surface area contributed by atoms with Crippen LogP contribution in [-0.4, -0.2) is 52.1 Å². The fraction of sp³-hybridized carbons (Fsp3) is 0.359. The Morgan fingerprint density at radius 1 is 0.812 bits per heavy atom. The maximum atomic E-state index is 13.1. The van der Waals surface area contributed by atoms with Gasteiger partial charge in [0.1, 0.15) is 18.3 Å². The first-order chi connectivity index (χ1) is 22.9. The van der Waals surface area contributed by atoms with Gasteiger partial charge in [-0.1, -0.05) is 89.6 Å². The van der Waals surface area contributed by atoms with Crippen LogP contribution in [0.25, 0.3) is 22.5 Å². The van der Waals surface area contributed by atoms with Crippen molar-refractivity contribution in [2.24, 2.45) is 5.92 Å². The summed E-state index contributed by atoms with van der Waals surface area (Å²) in [6.07, 6.45) is 7.15. The smallest absolute Gasteiger partial charge is 0.322 e. The topological polar surface area (TPSA) is 131 Å². The van der Waals surface area contributed by atoms with Crippen molar-refractivity contribution in [3.63, 3.8) is 0 Å². The van der Waals surface area contributed by atoms with Crippen molar-refractivity contribution < 1.29 is 24.2 Å². The quantitative estimate of drug-likeness (QED) is 0.120. The number of nitrogens with one attached hydrogen (secondary N) is 2. The highest BCUT2D eigenvalue weighted by Crippen LogP contribution is 2.24. The number of hydrogen-bond acceptors (Lipinski definition) is 6. The van der Waals surface area contributed by atoms with Crippen molar-refractivity contribution in [1.82, 2.24) is 20.6 Å². The number of rotatable bonds is 15. The van der Waals surface area contributed by atoms with Gasteiger partial charge in [0.05, 0.1) is 6.61 Å². The highest BCUT2D eigenvalue weighted by Gasteiger charge is 2.23. The van der Waals surface area contributed by atoms with Crippen LogP contribution < -0.4 is 15.4 Å². The zero-order valence-electron chi connectivity index (χ0n) is 28.5. The van der Waals surface area contributed by atoms with Crippen LogP contribution in [0.1, 0.15) is 75.4 Å². The second-order valence-corrected chi connectivity index (χ2v) is 13.4. The highest BCUT2D eigenvalue weighted by molar-refractivity contribution is 5.98. The van der Waals surface area contributed by atoms with Crippen molar-refractivity contribution in [2.45, 2.75) is 71.8 Å². The van der Waals surface area contributed by atoms with Crippen molar-refractivity contribution in [3.05, 3.63) is 102 Å². The van der Waals surface area contributed by atoms with E-state index in [2.05, 4.69) is 55.2 Å². The standard InChI is InChI=1S/C39H46N4O5/c1-26(2)8-6-7-21-48-33-19-15-28(16-20-33)31-23-40-36(41-24-31)29-11-9-27(10-12-29)22-34(38(47)42-25-35(44)45)43-37(46)30-13-17-32(18-14-30)39(3,4)5/h9-20,23-24,26,34H,6-8,21-22,25H2,1-5H3,(H,42,47)(H,43,46)(H,44,45)/t34-/m0/s1. The van der Waals surface area contributed by atoms with Gasteiger partial charge in [0.15, 0.2) is 5.82 Å². The molecule has 0 bridgehead atoms. The van der Waals surface area contributed by atoms with Crippen molar-refractivity contribution in [1.29, 1.82) is 0 Å². The van der Waals surface area contributed by atoms with Crippen LogP contribution in [-0.2, 0) is 21.4 Å². The Morgan fingerprint density at radius 2 is 1.44 bits per heavy atom. The van der Waals surface area contributed by atoms with Crippen LogP contribution in [0.3, 0.4) is 0 Å². The summed E-state index contributed by atoms with van der Waals surface area (Å²) in [6, 6.07) is 21.6. The number of aromatic nitrogens is 2. The van der Waals surface area contributed by atoms with E-state index >= 15 is 0 Å². The Kier molecular flexibility index (Phi) is 12.4. The van der Waals surface area contributed by atoms with E-state index in [1.165, 1.54) is 12.8 Å². The van der Waals surface area contributed by atoms with E-state index in [-0.39, 0.29) is 11.8 Å². The van der Waals surface area contributed by atoms with Crippen molar-refractivity contribution in [2.75, 3.05) is 13.2 Å². The molecular weight excluding hydrogens is 604 g/mol. The summed E-state index contributed by atoms with van der Waals surface area (Å²) in [7, 11) is 0. The Hall–Kier alpha value is -5.05. The van der Waals surface area contributed by atoms with Gasteiger partial charge in [-0.2, -0.15) is 0 Å². The molecule has 48 heavy (non-hydrogen) atoms. The lowest BCUT2D eigenvalue weighted by molar-refractivity contribution is -0.138. The predicted octanol–water partition coefficient (Wildman–Crippen LogP) is 6.86. The number of carboxylic acid groups (broad SMARTS) is 1. The molecule has 4 aromatic rings. The van der Waals surface area contributed by atoms with Gasteiger partial charge >= 0.3 is 5.97 Å². The van der Waals surface area contributed by atoms with E-state index < -0.39 is 30.4 Å². The van der Waals surface area contributed by atoms with E-state index in [0.29, 0.717) is 23.9 Å². The molecule has 4 rings (SSSR count). The number of carbonyl (C=O) groups excluding carboxylic acids is 2. The van der Waals surface area contributed by atoms with E-state index in [4.69, 9.17) is 9.84 Å². The van der Waals surface area contributed by atoms with Crippen LogP contribution in [0.5, 0.6) is 5.75 Å². The molecule has 0 saturated heterocycles. The number of ether oxygens (including phenoxy) is 1. The number of unbranched alkanes of at least 4 members (excludes halogenated alkanes) is 1. The molecule has 0 radical (unpaired) electrons. The minimum absolute atomic E-state index is 0.0677. The normalized spacial score (nSPS) is 12.0. The summed E-state index contributed by atoms with van der Waals surface area (Å²) in [5.74, 6) is -0.0648. The maximum Gasteiger partial charge on any atom is 0.322 e. The molecule has 0 saturated carbocycles. The SMILES string of the molecule is CC(C)CCCCOc1ccc(-c2cnc(-c3ccc(C[C@H](NC(=O)c4ccc(C(C)(C)C)cc4)C(=O)NCC(=O)O)cc3)nc2)cc1. The maximum absolute atomic E-state index is 13.1. The molecule has 3 aromatic carbocycles. The molecule has 1 aromatic heterocycles. The zero-order chi connectivity index (χ0) is 34.7. The number of benzene rings is 3. The molecule has 0 aliphatic rings. The van der Waals surface area contributed by atoms with E-state index in [1.807, 2.05) is 60.7 Å². The van der Waals surface area contributed by atoms with Crippen molar-refractivity contribution in [3.8, 4) is 28.3 Å². The third kappa shape index (κ3) is 10.8. The number of nitrogens with zero attached hydrogens (tertiary/aromatic N) is 2. The molecule has 0 fully saturated rings. The molecule has 252 valence electrons. The van der Waals surface area contributed by atoms with Gasteiger partial charge in [0.2, 0.25) is 5.91 Å². The average Bonchev–Trinajstić information content (AvgIpc) is 3.07. The minimum atomic E-state index is -1.17. The summed E-state index contributed by atoms with van der Waals surface area (Å²) in [5, 5.41) is 14.2. The van der Waals surface area contributed by atoms with Crippen LogP contribution in [0.2, 0.25) is 0 Å². The number of hydrogen-bond donors (Lipinski definition) is 3. The summed E-state index contributed by atoms with van der Waals surface area (Å²) in [6.45, 7) is 10.9. The molecule has 1 heterocycles. The Labute approximate surface area is 283 Å². The number of carbonyl (C=O) groups is 3. The Balaban J connectivity index is 1.39. The fourth-order valence-electron chi connectivity index (χ4n) is 5.10. The van der Waals surface area contributed by atoms with Gasteiger partial charge < -0.3 is 20.5 Å². The summed E-state index contributed by atoms with van der Waals surface area (Å²) in [4.78, 5) is 46.2. The molecule has 2 amide bonds. The van der Waals surface area contributed by atoms with Gasteiger partial charge in [-0.3, -0.25) is 14.4 Å². The van der Waals surface area contributed by atoms with Crippen molar-refractivity contribution >= 4 is 17.8 Å². The molecule has 0 unspecified atom stereocenters. The van der Waals surface area contributed by atoms with Crippen LogP contribution >= 0.6 is 0 Å². The molecular formula is C39H46N4O5. The monoisotopic (exact) mass is 650 g/mol. The Morgan fingerprint density at radius 3 is 2.02 bits per heavy atom. The van der Waals surface area contributed by atoms with Gasteiger partial charge in [0.25, 0.3) is 5.91 Å². The number of amides is 2. The minimum Gasteiger partial charge on any atom is -0.494 e. The lowest BCUT2D eigenvalue weighted by Gasteiger charge is -2.20. The molecule has 3 N–H and O–H groups in total. The number of carboxylic acids is 1. The van der Waals surface area contributed by atoms with E-state index in [1.54, 1.807) is 24.5 Å². The average molecular weight is 651 g/mol. The van der Waals surface area contributed by atoms with Gasteiger partial charge in [-0.05, 0) is 65.1 Å². The van der Waals surface area contributed by atoms with Crippen LogP contribution in [0.4, 0.5) is 0 Å². The van der Waals surface area contributed by atoms with Gasteiger partial charge in [0, 0.05) is 35.5 Å². The zero-order valence-corrected chi connectivity index (χ0v) is 28.5. The first-order valence-electron chi connectivity index (χ1n) is 16.4. The summed E-state index contributed by atoms with van der Waals surface area (Å²) >= 11 is 0. The molecule has 1 atom stereocenters. The first-order valence-corrected chi connectivity index (χ1v) is 16.4. The molecule has 0 spiro atoms. The van der Waals surface area contributed by atoms with Gasteiger partial charge in [-0.25, -0.2) is 9.97 Å². The van der Waals surface area contributed by atoms with E-state index in [0.717, 1.165) is 40.0 Å². The molecule has 9 heteroatoms. The molecule has 9 nitrogen and oxygen atoms in total. The number of aliphatic carboxylic acids is 1. The second kappa shape index (κ2) is 16.7. The lowest BCUT2D eigenvalue weighted by atomic mass is 9.86. The largest absolute Gasteiger partial charge is 0.494 e. The third-order valence-corrected chi connectivity index (χ3v) is 7.98. The fourth-order valence-corrected chi connectivity index (χ4v) is 5.10. The third-order valence-electron chi connectivity index (χ3n) is 7.98. The molecule has 0 aliphatic heterocycles. The summed E-state index contributed by atoms with van der Waals surface area (Å²) < 4.78 is 5.88. The Bertz CT molecular complexity index is 1640.